The van der Waals surface area contributed by atoms with Gasteiger partial charge < -0.3 is 5.73 Å². The fourth-order valence-electron chi connectivity index (χ4n) is 1.07. The molecule has 4 heteroatoms. The molecule has 1 rings (SSSR count). The van der Waals surface area contributed by atoms with Crippen LogP contribution in [0.1, 0.15) is 38.1 Å². The minimum absolute atomic E-state index is 0.0319. The van der Waals surface area contributed by atoms with Crippen LogP contribution in [-0.2, 0) is 0 Å². The van der Waals surface area contributed by atoms with Crippen molar-refractivity contribution in [2.75, 3.05) is 0 Å². The van der Waals surface area contributed by atoms with Crippen LogP contribution >= 0.6 is 0 Å². The van der Waals surface area contributed by atoms with Crippen LogP contribution in [-0.4, -0.2) is 21.3 Å². The van der Waals surface area contributed by atoms with Crippen molar-refractivity contribution in [2.45, 2.75) is 33.2 Å². The van der Waals surface area contributed by atoms with E-state index in [4.69, 9.17) is 5.73 Å². The number of rotatable bonds is 3. The Bertz CT molecular complexity index is 352. The van der Waals surface area contributed by atoms with E-state index in [1.54, 1.807) is 0 Å². The third kappa shape index (κ3) is 2.21. The van der Waals surface area contributed by atoms with Crippen molar-refractivity contribution in [3.8, 4) is 0 Å². The van der Waals surface area contributed by atoms with E-state index in [9.17, 15) is 4.79 Å². The zero-order valence-electron chi connectivity index (χ0n) is 9.61. The molecule has 0 aliphatic rings. The fraction of sp³-hybridized carbons (Fsp3) is 0.545. The van der Waals surface area contributed by atoms with Crippen molar-refractivity contribution in [1.82, 2.24) is 9.97 Å². The Balaban J connectivity index is 3.06. The molecular weight excluding hydrogens is 190 g/mol. The van der Waals surface area contributed by atoms with Crippen LogP contribution in [0.25, 0.3) is 0 Å². The molecule has 15 heavy (non-hydrogen) atoms. The number of carbonyl (C=O) groups is 1. The highest BCUT2D eigenvalue weighted by Crippen LogP contribution is 2.31. The van der Waals surface area contributed by atoms with E-state index >= 15 is 0 Å². The Morgan fingerprint density at radius 1 is 1.20 bits per heavy atom. The summed E-state index contributed by atoms with van der Waals surface area (Å²) < 4.78 is 0. The van der Waals surface area contributed by atoms with Crippen LogP contribution < -0.4 is 5.73 Å². The molecule has 2 N–H and O–H groups in total. The standard InChI is InChI=1S/C11H17N3O/c1-10(2,11(3,4)12)9(15)8-5-13-7-14-6-8/h5-7H,12H2,1-4H3. The predicted octanol–water partition coefficient (Wildman–Crippen LogP) is 1.42. The molecule has 0 saturated carbocycles. The second-order valence-corrected chi connectivity index (χ2v) is 4.80. The highest BCUT2D eigenvalue weighted by molar-refractivity contribution is 6.00. The summed E-state index contributed by atoms with van der Waals surface area (Å²) in [6.45, 7) is 7.36. The van der Waals surface area contributed by atoms with Crippen LogP contribution in [0, 0.1) is 5.41 Å². The zero-order valence-corrected chi connectivity index (χ0v) is 9.61. The molecule has 0 aliphatic carbocycles. The first-order chi connectivity index (χ1) is 6.77. The van der Waals surface area contributed by atoms with Crippen LogP contribution in [0.15, 0.2) is 18.7 Å². The second-order valence-electron chi connectivity index (χ2n) is 4.80. The maximum atomic E-state index is 12.2. The van der Waals surface area contributed by atoms with Gasteiger partial charge in [0.2, 0.25) is 0 Å². The van der Waals surface area contributed by atoms with E-state index in [0.29, 0.717) is 5.56 Å². The largest absolute Gasteiger partial charge is 0.325 e. The summed E-state index contributed by atoms with van der Waals surface area (Å²) >= 11 is 0. The lowest BCUT2D eigenvalue weighted by Crippen LogP contribution is -2.51. The normalized spacial score (nSPS) is 12.6. The SMILES string of the molecule is CC(C)(N)C(C)(C)C(=O)c1cncnc1. The third-order valence-corrected chi connectivity index (χ3v) is 3.00. The number of hydrogen-bond acceptors (Lipinski definition) is 4. The van der Waals surface area contributed by atoms with Crippen molar-refractivity contribution in [2.24, 2.45) is 11.1 Å². The number of nitrogens with zero attached hydrogens (tertiary/aromatic N) is 2. The molecule has 0 aliphatic heterocycles. The van der Waals surface area contributed by atoms with E-state index in [-0.39, 0.29) is 5.78 Å². The lowest BCUT2D eigenvalue weighted by Gasteiger charge is -2.36. The lowest BCUT2D eigenvalue weighted by atomic mass is 9.71. The summed E-state index contributed by atoms with van der Waals surface area (Å²) in [6.07, 6.45) is 4.43. The summed E-state index contributed by atoms with van der Waals surface area (Å²) in [5.41, 5.74) is 5.27. The van der Waals surface area contributed by atoms with Gasteiger partial charge in [0, 0.05) is 23.3 Å². The second kappa shape index (κ2) is 3.70. The Morgan fingerprint density at radius 2 is 1.67 bits per heavy atom. The fourth-order valence-corrected chi connectivity index (χ4v) is 1.07. The van der Waals surface area contributed by atoms with Crippen LogP contribution in [0.5, 0.6) is 0 Å². The Morgan fingerprint density at radius 3 is 2.07 bits per heavy atom. The number of Topliss-reactive ketones (excluding diaryl/α,β-unsaturated/α-hetero) is 1. The van der Waals surface area contributed by atoms with Gasteiger partial charge in [-0.05, 0) is 13.8 Å². The van der Waals surface area contributed by atoms with E-state index in [1.807, 2.05) is 27.7 Å². The molecule has 0 saturated heterocycles. The van der Waals surface area contributed by atoms with Crippen molar-refractivity contribution < 1.29 is 4.79 Å². The Kier molecular flexibility index (Phi) is 2.90. The minimum atomic E-state index is -0.641. The van der Waals surface area contributed by atoms with Gasteiger partial charge in [-0.3, -0.25) is 4.79 Å². The van der Waals surface area contributed by atoms with E-state index < -0.39 is 11.0 Å². The molecule has 0 bridgehead atoms. The molecule has 0 fully saturated rings. The number of nitrogens with two attached hydrogens (primary N) is 1. The summed E-state index contributed by atoms with van der Waals surface area (Å²) in [6, 6.07) is 0. The van der Waals surface area contributed by atoms with E-state index in [2.05, 4.69) is 9.97 Å². The first-order valence-electron chi connectivity index (χ1n) is 4.85. The average Bonchev–Trinajstić information content (AvgIpc) is 2.16. The average molecular weight is 207 g/mol. The van der Waals surface area contributed by atoms with Crippen LogP contribution in [0.3, 0.4) is 0 Å². The van der Waals surface area contributed by atoms with Crippen molar-refractivity contribution in [3.63, 3.8) is 0 Å². The van der Waals surface area contributed by atoms with E-state index in [0.717, 1.165) is 0 Å². The van der Waals surface area contributed by atoms with Gasteiger partial charge in [-0.1, -0.05) is 13.8 Å². The van der Waals surface area contributed by atoms with Crippen LogP contribution in [0.4, 0.5) is 0 Å². The summed E-state index contributed by atoms with van der Waals surface area (Å²) in [4.78, 5) is 19.8. The maximum absolute atomic E-state index is 12.2. The van der Waals surface area contributed by atoms with Gasteiger partial charge >= 0.3 is 0 Å². The van der Waals surface area contributed by atoms with Crippen molar-refractivity contribution in [3.05, 3.63) is 24.3 Å². The Labute approximate surface area is 89.9 Å². The first-order valence-corrected chi connectivity index (χ1v) is 4.85. The zero-order chi connectivity index (χ0) is 11.7. The van der Waals surface area contributed by atoms with Gasteiger partial charge in [-0.15, -0.1) is 0 Å². The molecular formula is C11H17N3O. The van der Waals surface area contributed by atoms with E-state index in [1.165, 1.54) is 18.7 Å². The number of carbonyl (C=O) groups excluding carboxylic acids is 1. The monoisotopic (exact) mass is 207 g/mol. The molecule has 0 amide bonds. The van der Waals surface area contributed by atoms with Crippen LogP contribution in [0.2, 0.25) is 0 Å². The minimum Gasteiger partial charge on any atom is -0.325 e. The van der Waals surface area contributed by atoms with Gasteiger partial charge in [-0.25, -0.2) is 9.97 Å². The molecule has 0 radical (unpaired) electrons. The molecule has 4 nitrogen and oxygen atoms in total. The first kappa shape index (κ1) is 11.8. The smallest absolute Gasteiger partial charge is 0.173 e. The lowest BCUT2D eigenvalue weighted by molar-refractivity contribution is 0.0734. The van der Waals surface area contributed by atoms with Gasteiger partial charge in [-0.2, -0.15) is 0 Å². The topological polar surface area (TPSA) is 68.9 Å². The molecule has 0 aromatic carbocycles. The maximum Gasteiger partial charge on any atom is 0.173 e. The number of ketones is 1. The summed E-state index contributed by atoms with van der Waals surface area (Å²) in [7, 11) is 0. The predicted molar refractivity (Wildman–Crippen MR) is 58.4 cm³/mol. The number of aromatic nitrogens is 2. The number of hydrogen-bond donors (Lipinski definition) is 1. The van der Waals surface area contributed by atoms with Gasteiger partial charge in [0.25, 0.3) is 0 Å². The summed E-state index contributed by atoms with van der Waals surface area (Å²) in [5, 5.41) is 0. The molecule has 0 unspecified atom stereocenters. The molecule has 1 aromatic rings. The van der Waals surface area contributed by atoms with Gasteiger partial charge in [0.15, 0.2) is 5.78 Å². The highest BCUT2D eigenvalue weighted by Gasteiger charge is 2.40. The van der Waals surface area contributed by atoms with Gasteiger partial charge in [0.1, 0.15) is 6.33 Å². The molecule has 0 spiro atoms. The Hall–Kier alpha value is -1.29. The highest BCUT2D eigenvalue weighted by atomic mass is 16.1. The quantitative estimate of drug-likeness (QED) is 0.761. The molecule has 82 valence electrons. The molecule has 1 aromatic heterocycles. The van der Waals surface area contributed by atoms with Crippen molar-refractivity contribution >= 4 is 5.78 Å². The third-order valence-electron chi connectivity index (χ3n) is 3.00. The molecule has 0 atom stereocenters. The van der Waals surface area contributed by atoms with Crippen molar-refractivity contribution in [1.29, 1.82) is 0 Å². The van der Waals surface area contributed by atoms with Gasteiger partial charge in [0.05, 0.1) is 5.56 Å². The summed E-state index contributed by atoms with van der Waals surface area (Å²) in [5.74, 6) is -0.0319. The molecule has 1 heterocycles.